The molecule has 0 aliphatic heterocycles. The Morgan fingerprint density at radius 2 is 2.19 bits per heavy atom. The van der Waals surface area contributed by atoms with E-state index >= 15 is 0 Å². The molecule has 0 spiro atoms. The molecule has 0 saturated heterocycles. The maximum Gasteiger partial charge on any atom is 0.220 e. The van der Waals surface area contributed by atoms with E-state index in [1.165, 1.54) is 0 Å². The smallest absolute Gasteiger partial charge is 0.220 e. The highest BCUT2D eigenvalue weighted by Crippen LogP contribution is 2.18. The Labute approximate surface area is 129 Å². The van der Waals surface area contributed by atoms with E-state index in [0.717, 1.165) is 22.6 Å². The summed E-state index contributed by atoms with van der Waals surface area (Å²) < 4.78 is 5.09. The SMILES string of the molecule is Cc1noc(C)c1CCC(=O)NC(C)c1cccc(Cl)c1. The average molecular weight is 307 g/mol. The third kappa shape index (κ3) is 4.08. The molecule has 0 bridgehead atoms. The third-order valence-corrected chi connectivity index (χ3v) is 3.74. The minimum absolute atomic E-state index is 0.00229. The molecule has 1 N–H and O–H groups in total. The Kier molecular flexibility index (Phi) is 5.02. The maximum absolute atomic E-state index is 12.0. The number of carbonyl (C=O) groups excluding carboxylic acids is 1. The van der Waals surface area contributed by atoms with Crippen molar-refractivity contribution in [1.82, 2.24) is 10.5 Å². The highest BCUT2D eigenvalue weighted by atomic mass is 35.5. The fourth-order valence-corrected chi connectivity index (χ4v) is 2.47. The van der Waals surface area contributed by atoms with Gasteiger partial charge in [0.15, 0.2) is 0 Å². The fraction of sp³-hybridized carbons (Fsp3) is 0.375. The van der Waals surface area contributed by atoms with Gasteiger partial charge in [-0.1, -0.05) is 28.9 Å². The van der Waals surface area contributed by atoms with Crippen LogP contribution in [0.1, 0.15) is 42.0 Å². The summed E-state index contributed by atoms with van der Waals surface area (Å²) in [4.78, 5) is 12.0. The Morgan fingerprint density at radius 1 is 1.43 bits per heavy atom. The van der Waals surface area contributed by atoms with Crippen molar-refractivity contribution in [1.29, 1.82) is 0 Å². The Morgan fingerprint density at radius 3 is 2.81 bits per heavy atom. The highest BCUT2D eigenvalue weighted by Gasteiger charge is 2.13. The summed E-state index contributed by atoms with van der Waals surface area (Å²) in [5.74, 6) is 0.783. The number of aromatic nitrogens is 1. The predicted octanol–water partition coefficient (Wildman–Crippen LogP) is 3.75. The van der Waals surface area contributed by atoms with E-state index in [4.69, 9.17) is 16.1 Å². The van der Waals surface area contributed by atoms with Gasteiger partial charge in [0, 0.05) is 17.0 Å². The van der Waals surface area contributed by atoms with Gasteiger partial charge in [-0.2, -0.15) is 0 Å². The molecule has 2 aromatic rings. The summed E-state index contributed by atoms with van der Waals surface area (Å²) >= 11 is 5.96. The van der Waals surface area contributed by atoms with Crippen LogP contribution < -0.4 is 5.32 Å². The number of nitrogens with one attached hydrogen (secondary N) is 1. The van der Waals surface area contributed by atoms with Gasteiger partial charge in [0.05, 0.1) is 11.7 Å². The molecule has 0 saturated carbocycles. The molecule has 5 heteroatoms. The van der Waals surface area contributed by atoms with Crippen LogP contribution in [-0.4, -0.2) is 11.1 Å². The zero-order valence-corrected chi connectivity index (χ0v) is 13.2. The molecule has 1 unspecified atom stereocenters. The average Bonchev–Trinajstić information content (AvgIpc) is 2.76. The molecule has 112 valence electrons. The van der Waals surface area contributed by atoms with Gasteiger partial charge in [-0.25, -0.2) is 0 Å². The molecule has 21 heavy (non-hydrogen) atoms. The molecule has 1 aromatic carbocycles. The first-order chi connectivity index (χ1) is 9.97. The van der Waals surface area contributed by atoms with E-state index in [1.807, 2.05) is 45.0 Å². The lowest BCUT2D eigenvalue weighted by Crippen LogP contribution is -2.26. The molecular formula is C16H19ClN2O2. The normalized spacial score (nSPS) is 12.2. The van der Waals surface area contributed by atoms with Crippen LogP contribution in [0.15, 0.2) is 28.8 Å². The molecule has 1 atom stereocenters. The van der Waals surface area contributed by atoms with Crippen LogP contribution >= 0.6 is 11.6 Å². The van der Waals surface area contributed by atoms with Crippen LogP contribution in [0.25, 0.3) is 0 Å². The summed E-state index contributed by atoms with van der Waals surface area (Å²) in [7, 11) is 0. The highest BCUT2D eigenvalue weighted by molar-refractivity contribution is 6.30. The summed E-state index contributed by atoms with van der Waals surface area (Å²) in [5, 5.41) is 7.54. The van der Waals surface area contributed by atoms with Gasteiger partial charge in [-0.05, 0) is 44.9 Å². The zero-order chi connectivity index (χ0) is 15.4. The van der Waals surface area contributed by atoms with E-state index in [1.54, 1.807) is 0 Å². The largest absolute Gasteiger partial charge is 0.361 e. The quantitative estimate of drug-likeness (QED) is 0.915. The Balaban J connectivity index is 1.90. The summed E-state index contributed by atoms with van der Waals surface area (Å²) in [6, 6.07) is 7.44. The summed E-state index contributed by atoms with van der Waals surface area (Å²) in [5.41, 5.74) is 2.86. The minimum Gasteiger partial charge on any atom is -0.361 e. The van der Waals surface area contributed by atoms with Crippen molar-refractivity contribution < 1.29 is 9.32 Å². The number of hydrogen-bond donors (Lipinski definition) is 1. The second kappa shape index (κ2) is 6.76. The van der Waals surface area contributed by atoms with Crippen molar-refractivity contribution in [3.8, 4) is 0 Å². The van der Waals surface area contributed by atoms with Gasteiger partial charge in [0.25, 0.3) is 0 Å². The van der Waals surface area contributed by atoms with Crippen LogP contribution in [0.4, 0.5) is 0 Å². The third-order valence-electron chi connectivity index (χ3n) is 3.51. The summed E-state index contributed by atoms with van der Waals surface area (Å²) in [6.45, 7) is 5.69. The molecule has 1 aromatic heterocycles. The molecule has 0 aliphatic rings. The number of benzene rings is 1. The monoisotopic (exact) mass is 306 g/mol. The predicted molar refractivity (Wildman–Crippen MR) is 82.3 cm³/mol. The number of nitrogens with zero attached hydrogens (tertiary/aromatic N) is 1. The van der Waals surface area contributed by atoms with Gasteiger partial charge in [0.2, 0.25) is 5.91 Å². The first-order valence-electron chi connectivity index (χ1n) is 6.94. The fourth-order valence-electron chi connectivity index (χ4n) is 2.27. The molecule has 1 amide bonds. The number of halogens is 1. The lowest BCUT2D eigenvalue weighted by atomic mass is 10.1. The van der Waals surface area contributed by atoms with Crippen LogP contribution in [-0.2, 0) is 11.2 Å². The number of carbonyl (C=O) groups is 1. The zero-order valence-electron chi connectivity index (χ0n) is 12.4. The van der Waals surface area contributed by atoms with E-state index in [2.05, 4.69) is 10.5 Å². The van der Waals surface area contributed by atoms with Crippen molar-refractivity contribution in [3.63, 3.8) is 0 Å². The first kappa shape index (κ1) is 15.6. The molecule has 4 nitrogen and oxygen atoms in total. The van der Waals surface area contributed by atoms with Crippen LogP contribution in [0, 0.1) is 13.8 Å². The first-order valence-corrected chi connectivity index (χ1v) is 7.31. The minimum atomic E-state index is -0.0686. The van der Waals surface area contributed by atoms with Crippen LogP contribution in [0.3, 0.4) is 0 Å². The molecule has 0 fully saturated rings. The van der Waals surface area contributed by atoms with Crippen molar-refractivity contribution in [3.05, 3.63) is 51.9 Å². The number of rotatable bonds is 5. The van der Waals surface area contributed by atoms with Crippen molar-refractivity contribution >= 4 is 17.5 Å². The van der Waals surface area contributed by atoms with Gasteiger partial charge < -0.3 is 9.84 Å². The summed E-state index contributed by atoms with van der Waals surface area (Å²) in [6.07, 6.45) is 1.04. The van der Waals surface area contributed by atoms with Crippen molar-refractivity contribution in [2.45, 2.75) is 39.7 Å². The van der Waals surface area contributed by atoms with Gasteiger partial charge in [-0.15, -0.1) is 0 Å². The van der Waals surface area contributed by atoms with Crippen molar-refractivity contribution in [2.75, 3.05) is 0 Å². The maximum atomic E-state index is 12.0. The van der Waals surface area contributed by atoms with E-state index < -0.39 is 0 Å². The van der Waals surface area contributed by atoms with Crippen LogP contribution in [0.5, 0.6) is 0 Å². The van der Waals surface area contributed by atoms with E-state index in [-0.39, 0.29) is 11.9 Å². The van der Waals surface area contributed by atoms with E-state index in [9.17, 15) is 4.79 Å². The van der Waals surface area contributed by atoms with Crippen molar-refractivity contribution in [2.24, 2.45) is 0 Å². The van der Waals surface area contributed by atoms with Gasteiger partial charge >= 0.3 is 0 Å². The Hall–Kier alpha value is -1.81. The Bertz CT molecular complexity index is 617. The molecule has 0 aliphatic carbocycles. The molecular weight excluding hydrogens is 288 g/mol. The standard InChI is InChI=1S/C16H19ClN2O2/c1-10(13-5-4-6-14(17)9-13)18-16(20)8-7-15-11(2)19-21-12(15)3/h4-6,9-10H,7-8H2,1-3H3,(H,18,20). The lowest BCUT2D eigenvalue weighted by Gasteiger charge is -2.14. The number of amides is 1. The number of hydrogen-bond acceptors (Lipinski definition) is 3. The van der Waals surface area contributed by atoms with E-state index in [0.29, 0.717) is 17.9 Å². The van der Waals surface area contributed by atoms with Gasteiger partial charge in [0.1, 0.15) is 5.76 Å². The lowest BCUT2D eigenvalue weighted by molar-refractivity contribution is -0.121. The number of aryl methyl sites for hydroxylation is 2. The second-order valence-corrected chi connectivity index (χ2v) is 5.58. The molecule has 2 rings (SSSR count). The topological polar surface area (TPSA) is 55.1 Å². The van der Waals surface area contributed by atoms with Crippen LogP contribution in [0.2, 0.25) is 5.02 Å². The van der Waals surface area contributed by atoms with Gasteiger partial charge in [-0.3, -0.25) is 4.79 Å². The molecule has 0 radical (unpaired) electrons. The second-order valence-electron chi connectivity index (χ2n) is 5.15. The molecule has 1 heterocycles.